The molecule has 0 fully saturated rings. The van der Waals surface area contributed by atoms with E-state index >= 15 is 0 Å². The van der Waals surface area contributed by atoms with Crippen molar-refractivity contribution in [1.29, 1.82) is 0 Å². The average Bonchev–Trinajstić information content (AvgIpc) is 1.44. The van der Waals surface area contributed by atoms with Crippen molar-refractivity contribution in [3.63, 3.8) is 0 Å². The largest absolute Gasteiger partial charge is 0.344 e. The molecular formula is C112H80N8. The molecule has 0 atom stereocenters. The Morgan fingerprint density at radius 1 is 0.125 bits per heavy atom. The summed E-state index contributed by atoms with van der Waals surface area (Å²) in [6.45, 7) is 4.29. The summed E-state index contributed by atoms with van der Waals surface area (Å²) in [4.78, 5) is 0. The number of hydrogen-bond donors (Lipinski definition) is 0. The lowest BCUT2D eigenvalue weighted by Crippen LogP contribution is -1.94. The van der Waals surface area contributed by atoms with Crippen LogP contribution < -0.4 is 0 Å². The third-order valence-electron chi connectivity index (χ3n) is 25.0. The molecule has 568 valence electrons. The van der Waals surface area contributed by atoms with Crippen LogP contribution in [0.4, 0.5) is 0 Å². The van der Waals surface area contributed by atoms with Gasteiger partial charge in [-0.25, -0.2) is 0 Å². The molecule has 0 radical (unpaired) electrons. The molecule has 0 N–H and O–H groups in total. The van der Waals surface area contributed by atoms with Crippen LogP contribution in [-0.4, -0.2) is 36.5 Å². The summed E-state index contributed by atoms with van der Waals surface area (Å²) in [5.41, 5.74) is 29.7. The molecule has 0 aliphatic rings. The maximum atomic E-state index is 2.41. The van der Waals surface area contributed by atoms with Crippen molar-refractivity contribution in [3.8, 4) is 34.1 Å². The Morgan fingerprint density at radius 3 is 0.642 bits per heavy atom. The van der Waals surface area contributed by atoms with Crippen LogP contribution in [-0.2, 0) is 14.1 Å². The highest BCUT2D eigenvalue weighted by Gasteiger charge is 2.24. The van der Waals surface area contributed by atoms with Gasteiger partial charge in [0.1, 0.15) is 0 Å². The summed E-state index contributed by atoms with van der Waals surface area (Å²) in [7, 11) is 4.32. The number of para-hydroxylation sites is 12. The summed E-state index contributed by atoms with van der Waals surface area (Å²) in [6, 6.07) is 149. The van der Waals surface area contributed by atoms with Gasteiger partial charge in [0.15, 0.2) is 0 Å². The number of rotatable bonds is 6. The Labute approximate surface area is 692 Å². The zero-order valence-corrected chi connectivity index (χ0v) is 66.8. The molecule has 0 saturated carbocycles. The zero-order chi connectivity index (χ0) is 79.8. The van der Waals surface area contributed by atoms with Crippen molar-refractivity contribution in [2.75, 3.05) is 0 Å². The Morgan fingerprint density at radius 2 is 0.333 bits per heavy atom. The van der Waals surface area contributed by atoms with Crippen LogP contribution in [0.15, 0.2) is 413 Å². The standard InChI is InChI=1S/2C31H22N2.2C25H18N2/c1-21-10-9-13-23(18-21)33-29-17-8-6-15-25(29)27-19-30-26(20-31(27)33)24-14-5-7-16-28(24)32(30)22-11-3-2-4-12-22;1-21-15-17-23(18-16-21)33-29-14-8-6-12-25(29)27-19-30-26(20-31(27)33)24-11-5-7-13-28(24)32(30)22-9-3-2-4-10-22;1-26-22-13-7-5-11-18(22)20-16-25-21(15-24(20)26)19-12-6-8-14-23(19)27(25)17-9-3-2-4-10-17;1-26-22-13-7-5-11-18(22)20-15-21-19-12-6-8-14-23(19)27(25(21)16-24(20)26)17-9-3-2-4-10-17/h2*2-20H,1H3;2*2-16H,1H3. The highest BCUT2D eigenvalue weighted by molar-refractivity contribution is 6.23. The van der Waals surface area contributed by atoms with Gasteiger partial charge < -0.3 is 36.5 Å². The number of aromatic nitrogens is 8. The van der Waals surface area contributed by atoms with Gasteiger partial charge in [0.05, 0.1) is 71.7 Å². The summed E-state index contributed by atoms with van der Waals surface area (Å²) < 4.78 is 19.0. The molecule has 18 aromatic carbocycles. The Hall–Kier alpha value is -15.6. The first-order chi connectivity index (χ1) is 59.2. The van der Waals surface area contributed by atoms with E-state index in [0.29, 0.717) is 0 Å². The highest BCUT2D eigenvalue weighted by Crippen LogP contribution is 2.45. The molecule has 8 heteroatoms. The van der Waals surface area contributed by atoms with E-state index in [4.69, 9.17) is 0 Å². The number of fused-ring (bicyclic) bond motifs is 24. The number of nitrogens with zero attached hydrogens (tertiary/aromatic N) is 8. The van der Waals surface area contributed by atoms with Crippen LogP contribution in [0.3, 0.4) is 0 Å². The number of aryl methyl sites for hydroxylation is 4. The van der Waals surface area contributed by atoms with Crippen LogP contribution in [0, 0.1) is 13.8 Å². The van der Waals surface area contributed by atoms with Gasteiger partial charge >= 0.3 is 0 Å². The summed E-state index contributed by atoms with van der Waals surface area (Å²) in [5.74, 6) is 0. The predicted molar refractivity (Wildman–Crippen MR) is 509 cm³/mol. The third kappa shape index (κ3) is 11.1. The van der Waals surface area contributed by atoms with Crippen molar-refractivity contribution in [1.82, 2.24) is 36.5 Å². The van der Waals surface area contributed by atoms with E-state index in [9.17, 15) is 0 Å². The lowest BCUT2D eigenvalue weighted by molar-refractivity contribution is 1.01. The van der Waals surface area contributed by atoms with Crippen molar-refractivity contribution < 1.29 is 0 Å². The van der Waals surface area contributed by atoms with Gasteiger partial charge in [0, 0.05) is 151 Å². The van der Waals surface area contributed by atoms with E-state index in [-0.39, 0.29) is 0 Å². The second kappa shape index (κ2) is 28.1. The minimum Gasteiger partial charge on any atom is -0.344 e. The minimum absolute atomic E-state index is 1.19. The molecule has 0 amide bonds. The fourth-order valence-electron chi connectivity index (χ4n) is 19.5. The molecule has 0 unspecified atom stereocenters. The fraction of sp³-hybridized carbons (Fsp3) is 0.0357. The molecule has 26 aromatic rings. The monoisotopic (exact) mass is 1540 g/mol. The molecule has 0 bridgehead atoms. The SMILES string of the molecule is Cc1ccc(-n2c3ccccc3c3cc4c(cc32)c2ccccc2n4-c2ccccc2)cc1.Cc1cccc(-n2c3ccccc3c3cc4c(cc32)c2ccccc2n4-c2ccccc2)c1.Cn1c2ccccc2c2cc3c(cc21)c1ccccc1n3-c1ccccc1.Cn1c2ccccc2c2cc3c4ccccc4n(-c4ccccc4)c3cc21. The van der Waals surface area contributed by atoms with Crippen LogP contribution in [0.25, 0.3) is 209 Å². The smallest absolute Gasteiger partial charge is 0.0562 e. The van der Waals surface area contributed by atoms with Gasteiger partial charge in [-0.1, -0.05) is 248 Å². The minimum atomic E-state index is 1.19. The lowest BCUT2D eigenvalue weighted by Gasteiger charge is -2.09. The number of benzene rings is 18. The molecule has 8 heterocycles. The van der Waals surface area contributed by atoms with Gasteiger partial charge in [-0.2, -0.15) is 0 Å². The maximum Gasteiger partial charge on any atom is 0.0562 e. The first-order valence-electron chi connectivity index (χ1n) is 41.3. The molecule has 26 rings (SSSR count). The van der Waals surface area contributed by atoms with E-state index in [2.05, 4.69) is 477 Å². The van der Waals surface area contributed by atoms with Gasteiger partial charge in [-0.15, -0.1) is 0 Å². The quantitative estimate of drug-likeness (QED) is 0.159. The van der Waals surface area contributed by atoms with Crippen LogP contribution >= 0.6 is 0 Å². The predicted octanol–water partition coefficient (Wildman–Crippen LogP) is 29.2. The third-order valence-corrected chi connectivity index (χ3v) is 25.0. The van der Waals surface area contributed by atoms with E-state index in [1.165, 1.54) is 220 Å². The fourth-order valence-corrected chi connectivity index (χ4v) is 19.5. The highest BCUT2D eigenvalue weighted by atomic mass is 15.0. The first-order valence-corrected chi connectivity index (χ1v) is 41.3. The Bertz CT molecular complexity index is 8540. The molecule has 0 saturated heterocycles. The van der Waals surface area contributed by atoms with Gasteiger partial charge in [-0.3, -0.25) is 0 Å². The van der Waals surface area contributed by atoms with E-state index < -0.39 is 0 Å². The normalized spacial score (nSPS) is 11.8. The molecule has 120 heavy (non-hydrogen) atoms. The van der Waals surface area contributed by atoms with Crippen molar-refractivity contribution in [2.24, 2.45) is 14.1 Å². The lowest BCUT2D eigenvalue weighted by atomic mass is 10.1. The Balaban J connectivity index is 0.0000000938. The van der Waals surface area contributed by atoms with Crippen LogP contribution in [0.5, 0.6) is 0 Å². The van der Waals surface area contributed by atoms with Crippen molar-refractivity contribution >= 4 is 174 Å². The maximum absolute atomic E-state index is 2.41. The molecule has 0 aliphatic heterocycles. The van der Waals surface area contributed by atoms with Gasteiger partial charge in [0.25, 0.3) is 0 Å². The zero-order valence-electron chi connectivity index (χ0n) is 66.8. The topological polar surface area (TPSA) is 39.4 Å². The van der Waals surface area contributed by atoms with E-state index in [0.717, 1.165) is 0 Å². The first kappa shape index (κ1) is 69.8. The molecule has 0 aliphatic carbocycles. The summed E-state index contributed by atoms with van der Waals surface area (Å²) in [6.07, 6.45) is 0. The average molecular weight is 1540 g/mol. The molecule has 8 nitrogen and oxygen atoms in total. The Kier molecular flexibility index (Phi) is 16.3. The molecule has 8 aromatic heterocycles. The van der Waals surface area contributed by atoms with Crippen molar-refractivity contribution in [2.45, 2.75) is 13.8 Å². The van der Waals surface area contributed by atoms with E-state index in [1.54, 1.807) is 0 Å². The summed E-state index contributed by atoms with van der Waals surface area (Å²) in [5, 5.41) is 20.7. The second-order valence-electron chi connectivity index (χ2n) is 31.8. The van der Waals surface area contributed by atoms with Gasteiger partial charge in [-0.05, 0) is 189 Å². The van der Waals surface area contributed by atoms with Crippen molar-refractivity contribution in [3.05, 3.63) is 424 Å². The van der Waals surface area contributed by atoms with Crippen LogP contribution in [0.1, 0.15) is 11.1 Å². The van der Waals surface area contributed by atoms with Crippen LogP contribution in [0.2, 0.25) is 0 Å². The summed E-state index contributed by atoms with van der Waals surface area (Å²) >= 11 is 0. The number of hydrogen-bond acceptors (Lipinski definition) is 0. The van der Waals surface area contributed by atoms with Gasteiger partial charge in [0.2, 0.25) is 0 Å². The molecular weight excluding hydrogens is 1460 g/mol. The second-order valence-corrected chi connectivity index (χ2v) is 31.8. The van der Waals surface area contributed by atoms with E-state index in [1.807, 2.05) is 0 Å². The molecule has 0 spiro atoms.